The van der Waals surface area contributed by atoms with Crippen LogP contribution in [0.25, 0.3) is 5.76 Å². The molecule has 0 spiro atoms. The quantitative estimate of drug-likeness (QED) is 0.272. The Labute approximate surface area is 254 Å². The van der Waals surface area contributed by atoms with Crippen molar-refractivity contribution in [2.45, 2.75) is 50.3 Å². The number of ether oxygens (including phenoxy) is 1. The van der Waals surface area contributed by atoms with Crippen LogP contribution >= 0.6 is 11.6 Å². The van der Waals surface area contributed by atoms with E-state index in [0.29, 0.717) is 34.5 Å². The van der Waals surface area contributed by atoms with E-state index in [4.69, 9.17) is 22.1 Å². The number of fused-ring (bicyclic) bond motifs is 3. The van der Waals surface area contributed by atoms with Crippen LogP contribution in [0.15, 0.2) is 23.0 Å². The second-order valence-corrected chi connectivity index (χ2v) is 13.4. The lowest BCUT2D eigenvalue weighted by molar-refractivity contribution is -0.153. The lowest BCUT2D eigenvalue weighted by Gasteiger charge is -2.50. The van der Waals surface area contributed by atoms with Gasteiger partial charge >= 0.3 is 0 Å². The van der Waals surface area contributed by atoms with Crippen molar-refractivity contribution in [3.63, 3.8) is 0 Å². The van der Waals surface area contributed by atoms with Crippen molar-refractivity contribution in [1.82, 2.24) is 9.80 Å². The molecule has 1 aromatic rings. The number of amides is 1. The zero-order valence-electron chi connectivity index (χ0n) is 24.3. The molecule has 1 aromatic carbocycles. The van der Waals surface area contributed by atoms with Gasteiger partial charge in [-0.3, -0.25) is 24.2 Å². The molecule has 5 aliphatic rings. The number of halogens is 1. The van der Waals surface area contributed by atoms with Crippen LogP contribution < -0.4 is 5.73 Å². The van der Waals surface area contributed by atoms with Gasteiger partial charge in [-0.2, -0.15) is 0 Å². The number of aromatic hydroxyl groups is 1. The Morgan fingerprint density at radius 1 is 1.14 bits per heavy atom. The summed E-state index contributed by atoms with van der Waals surface area (Å²) in [7, 11) is 3.14. The van der Waals surface area contributed by atoms with Gasteiger partial charge in [-0.05, 0) is 81.1 Å². The van der Waals surface area contributed by atoms with Crippen molar-refractivity contribution in [3.8, 4) is 5.75 Å². The van der Waals surface area contributed by atoms with Crippen LogP contribution in [0.2, 0.25) is 5.02 Å². The van der Waals surface area contributed by atoms with Crippen LogP contribution in [0.3, 0.4) is 0 Å². The van der Waals surface area contributed by atoms with Gasteiger partial charge in [0, 0.05) is 42.8 Å². The highest BCUT2D eigenvalue weighted by molar-refractivity contribution is 6.32. The number of Topliss-reactive ketones (excluding diaryl/α,β-unsaturated/α-hetero) is 2. The van der Waals surface area contributed by atoms with Crippen molar-refractivity contribution in [2.75, 3.05) is 40.4 Å². The van der Waals surface area contributed by atoms with Gasteiger partial charge < -0.3 is 30.9 Å². The van der Waals surface area contributed by atoms with Gasteiger partial charge in [-0.15, -0.1) is 0 Å². The van der Waals surface area contributed by atoms with Gasteiger partial charge in [0.2, 0.25) is 5.78 Å². The van der Waals surface area contributed by atoms with Gasteiger partial charge in [0.25, 0.3) is 5.91 Å². The molecule has 1 amide bonds. The molecule has 11 nitrogen and oxygen atoms in total. The van der Waals surface area contributed by atoms with Crippen LogP contribution in [0.5, 0.6) is 5.75 Å². The molecular weight excluding hydrogens is 578 g/mol. The number of carbonyl (C=O) groups is 3. The Morgan fingerprint density at radius 2 is 1.84 bits per heavy atom. The first-order chi connectivity index (χ1) is 20.3. The van der Waals surface area contributed by atoms with Gasteiger partial charge in [0.1, 0.15) is 22.8 Å². The second kappa shape index (κ2) is 10.9. The number of nitrogens with zero attached hydrogens (tertiary/aromatic N) is 2. The summed E-state index contributed by atoms with van der Waals surface area (Å²) < 4.78 is 5.58. The maximum Gasteiger partial charge on any atom is 0.255 e. The average molecular weight is 616 g/mol. The molecule has 232 valence electrons. The zero-order valence-corrected chi connectivity index (χ0v) is 25.1. The molecule has 1 aliphatic heterocycles. The number of aliphatic hydroxyl groups is 3. The van der Waals surface area contributed by atoms with Crippen molar-refractivity contribution in [1.29, 1.82) is 0 Å². The molecule has 43 heavy (non-hydrogen) atoms. The van der Waals surface area contributed by atoms with Crippen LogP contribution in [-0.4, -0.2) is 99.7 Å². The van der Waals surface area contributed by atoms with Crippen molar-refractivity contribution in [3.05, 3.63) is 44.7 Å². The molecule has 1 heterocycles. The maximum absolute atomic E-state index is 14.0. The smallest absolute Gasteiger partial charge is 0.255 e. The van der Waals surface area contributed by atoms with E-state index in [9.17, 15) is 34.8 Å². The molecule has 4 aliphatic carbocycles. The third-order valence-electron chi connectivity index (χ3n) is 9.88. The highest BCUT2D eigenvalue weighted by Gasteiger charge is 2.64. The molecule has 2 saturated carbocycles. The monoisotopic (exact) mass is 615 g/mol. The Morgan fingerprint density at radius 3 is 2.44 bits per heavy atom. The van der Waals surface area contributed by atoms with E-state index in [1.165, 1.54) is 23.8 Å². The van der Waals surface area contributed by atoms with Gasteiger partial charge in [-0.25, -0.2) is 0 Å². The highest BCUT2D eigenvalue weighted by Crippen LogP contribution is 2.53. The fourth-order valence-electron chi connectivity index (χ4n) is 7.66. The van der Waals surface area contributed by atoms with E-state index in [1.54, 1.807) is 14.1 Å². The SMILES string of the molecule is CN(C)[C@@H]1C(=O)C(C(N)=O)=C(O)[C@@]2(O)C(=O)C3=C(O)c4c(O)cc(CN(CC5CC5)CC5CCOC5)c(Cl)c4C[C@H]3C[C@@H]12. The predicted molar refractivity (Wildman–Crippen MR) is 156 cm³/mol. The first kappa shape index (κ1) is 30.1. The van der Waals surface area contributed by atoms with Gasteiger partial charge in [0.05, 0.1) is 18.2 Å². The molecule has 0 radical (unpaired) electrons. The highest BCUT2D eigenvalue weighted by atomic mass is 35.5. The third-order valence-corrected chi connectivity index (χ3v) is 10.3. The Kier molecular flexibility index (Phi) is 7.62. The van der Waals surface area contributed by atoms with E-state index in [1.807, 2.05) is 0 Å². The summed E-state index contributed by atoms with van der Waals surface area (Å²) in [4.78, 5) is 43.3. The number of hydrogen-bond donors (Lipinski definition) is 5. The minimum atomic E-state index is -2.67. The number of primary amides is 1. The summed E-state index contributed by atoms with van der Waals surface area (Å²) in [6, 6.07) is 0.376. The molecule has 5 atom stereocenters. The molecule has 1 saturated heterocycles. The number of nitrogens with two attached hydrogens (primary N) is 1. The number of phenols is 1. The molecule has 3 fully saturated rings. The lowest BCUT2D eigenvalue weighted by atomic mass is 9.57. The topological polar surface area (TPSA) is 174 Å². The summed E-state index contributed by atoms with van der Waals surface area (Å²) in [6.45, 7) is 3.74. The molecule has 6 N–H and O–H groups in total. The minimum Gasteiger partial charge on any atom is -0.508 e. The Hall–Kier alpha value is -2.96. The average Bonchev–Trinajstić information content (AvgIpc) is 3.59. The molecule has 12 heteroatoms. The second-order valence-electron chi connectivity index (χ2n) is 13.1. The molecule has 0 aromatic heterocycles. The molecule has 6 rings (SSSR count). The van der Waals surface area contributed by atoms with Crippen molar-refractivity contribution >= 4 is 34.8 Å². The van der Waals surface area contributed by atoms with E-state index in [2.05, 4.69) is 4.90 Å². The fourth-order valence-corrected chi connectivity index (χ4v) is 7.95. The standard InChI is InChI=1S/C31H38ClN3O8/c1-34(2)25-19-8-16-7-18-22(26(37)21(16)28(39)31(19,42)29(40)23(27(25)38)30(33)41)20(36)9-17(24(18)32)12-35(10-14-3-4-14)11-15-5-6-43-13-15/h9,14-16,19,25,36-37,40,42H,3-8,10-13H2,1-2H3,(H2,33,41)/t15?,16-,19-,25-,31-/m0/s1. The van der Waals surface area contributed by atoms with Crippen LogP contribution in [0.1, 0.15) is 42.4 Å². The summed E-state index contributed by atoms with van der Waals surface area (Å²) >= 11 is 7.00. The zero-order chi connectivity index (χ0) is 31.0. The number of rotatable bonds is 8. The lowest BCUT2D eigenvalue weighted by Crippen LogP contribution is -2.65. The summed E-state index contributed by atoms with van der Waals surface area (Å²) in [5.41, 5.74) is 2.88. The number of aliphatic hydroxyl groups excluding tert-OH is 2. The van der Waals surface area contributed by atoms with E-state index in [-0.39, 0.29) is 29.7 Å². The summed E-state index contributed by atoms with van der Waals surface area (Å²) in [5, 5.41) is 45.7. The predicted octanol–water partition coefficient (Wildman–Crippen LogP) is 1.87. The van der Waals surface area contributed by atoms with E-state index < -0.39 is 58.0 Å². The molecule has 1 unspecified atom stereocenters. The minimum absolute atomic E-state index is 0.00275. The number of ketones is 2. The van der Waals surface area contributed by atoms with Crippen molar-refractivity contribution < 1.29 is 39.5 Å². The Balaban J connectivity index is 1.40. The molecule has 0 bridgehead atoms. The van der Waals surface area contributed by atoms with E-state index in [0.717, 1.165) is 32.7 Å². The largest absolute Gasteiger partial charge is 0.508 e. The molecular formula is C31H38ClN3O8. The summed E-state index contributed by atoms with van der Waals surface area (Å²) in [6.07, 6.45) is 3.55. The van der Waals surface area contributed by atoms with E-state index >= 15 is 0 Å². The normalized spacial score (nSPS) is 30.7. The van der Waals surface area contributed by atoms with Crippen molar-refractivity contribution in [2.24, 2.45) is 29.4 Å². The first-order valence-electron chi connectivity index (χ1n) is 14.8. The number of carbonyl (C=O) groups excluding carboxylic acids is 3. The maximum atomic E-state index is 14.0. The number of benzene rings is 1. The van der Waals surface area contributed by atoms with Crippen LogP contribution in [-0.2, 0) is 32.1 Å². The number of likely N-dealkylation sites (N-methyl/N-ethyl adjacent to an activating group) is 1. The summed E-state index contributed by atoms with van der Waals surface area (Å²) in [5.74, 6) is -5.74. The first-order valence-corrected chi connectivity index (χ1v) is 15.2. The fraction of sp³-hybridized carbons (Fsp3) is 0.581. The third kappa shape index (κ3) is 4.85. The Bertz CT molecular complexity index is 1460. The van der Waals surface area contributed by atoms with Gasteiger partial charge in [0.15, 0.2) is 11.4 Å². The van der Waals surface area contributed by atoms with Gasteiger partial charge in [-0.1, -0.05) is 11.6 Å². The van der Waals surface area contributed by atoms with Crippen LogP contribution in [0.4, 0.5) is 0 Å². The number of hydrogen-bond acceptors (Lipinski definition) is 10. The van der Waals surface area contributed by atoms with Crippen LogP contribution in [0, 0.1) is 23.7 Å². The number of phenolic OH excluding ortho intramolecular Hbond substituents is 1.